The van der Waals surface area contributed by atoms with Gasteiger partial charge in [0.2, 0.25) is 0 Å². The highest BCUT2D eigenvalue weighted by molar-refractivity contribution is 7.59. The maximum absolute atomic E-state index is 5.03. The average molecular weight is 340 g/mol. The van der Waals surface area contributed by atoms with Gasteiger partial charge in [0.15, 0.2) is 7.51 Å². The molecule has 0 amide bonds. The number of hydrogen-bond acceptors (Lipinski definition) is 1. The zero-order valence-corrected chi connectivity index (χ0v) is 16.0. The standard InChI is InChI=1S/C16H33N6P/c1-16(2,3)17-18-19-23(20-10-4-5-11-20,21-12-6-7-13-21)22-14-8-9-15-22/h4-15H2,1-3H3. The monoisotopic (exact) mass is 340 g/mol. The third-order valence-corrected chi connectivity index (χ3v) is 8.69. The Labute approximate surface area is 141 Å². The molecule has 23 heavy (non-hydrogen) atoms. The Morgan fingerprint density at radius 3 is 1.30 bits per heavy atom. The van der Waals surface area contributed by atoms with E-state index in [4.69, 9.17) is 4.85 Å². The first-order valence-corrected chi connectivity index (χ1v) is 10.9. The van der Waals surface area contributed by atoms with Crippen molar-refractivity contribution in [1.29, 1.82) is 0 Å². The molecule has 0 spiro atoms. The summed E-state index contributed by atoms with van der Waals surface area (Å²) in [5, 5.41) is 8.88. The molecule has 3 heterocycles. The largest absolute Gasteiger partial charge is 0.244 e. The lowest BCUT2D eigenvalue weighted by molar-refractivity contribution is 0.381. The molecule has 3 rings (SSSR count). The van der Waals surface area contributed by atoms with Gasteiger partial charge in [0.25, 0.3) is 0 Å². The van der Waals surface area contributed by atoms with Crippen molar-refractivity contribution in [3.05, 3.63) is 0 Å². The Bertz CT molecular complexity index is 418. The molecule has 0 unspecified atom stereocenters. The van der Waals surface area contributed by atoms with Gasteiger partial charge in [-0.3, -0.25) is 0 Å². The Morgan fingerprint density at radius 1 is 0.652 bits per heavy atom. The molecule has 6 nitrogen and oxygen atoms in total. The molecule has 0 aliphatic carbocycles. The minimum absolute atomic E-state index is 0.153. The van der Waals surface area contributed by atoms with Crippen LogP contribution in [0.3, 0.4) is 0 Å². The van der Waals surface area contributed by atoms with Gasteiger partial charge >= 0.3 is 0 Å². The van der Waals surface area contributed by atoms with E-state index >= 15 is 0 Å². The van der Waals surface area contributed by atoms with Gasteiger partial charge in [0.1, 0.15) is 0 Å². The third kappa shape index (κ3) is 3.87. The Balaban J connectivity index is 2.00. The molecule has 3 aliphatic rings. The van der Waals surface area contributed by atoms with Gasteiger partial charge in [-0.1, -0.05) is 0 Å². The van der Waals surface area contributed by atoms with Crippen LogP contribution >= 0.6 is 7.51 Å². The minimum Gasteiger partial charge on any atom is -0.244 e. The van der Waals surface area contributed by atoms with Gasteiger partial charge in [-0.05, 0) is 64.5 Å². The molecule has 0 saturated carbocycles. The first kappa shape index (κ1) is 17.5. The van der Waals surface area contributed by atoms with Crippen LogP contribution in [0.5, 0.6) is 0 Å². The molecule has 0 bridgehead atoms. The predicted octanol–water partition coefficient (Wildman–Crippen LogP) is 4.39. The van der Waals surface area contributed by atoms with Gasteiger partial charge in [-0.25, -0.2) is 14.0 Å². The second-order valence-electron chi connectivity index (χ2n) is 7.97. The van der Waals surface area contributed by atoms with E-state index in [9.17, 15) is 0 Å². The second kappa shape index (κ2) is 7.30. The van der Waals surface area contributed by atoms with E-state index in [0.717, 1.165) is 0 Å². The van der Waals surface area contributed by atoms with Crippen LogP contribution in [0.15, 0.2) is 15.2 Å². The van der Waals surface area contributed by atoms with Crippen molar-refractivity contribution in [2.45, 2.75) is 64.8 Å². The molecule has 0 radical (unpaired) electrons. The lowest BCUT2D eigenvalue weighted by Gasteiger charge is -2.44. The lowest BCUT2D eigenvalue weighted by atomic mass is 10.1. The number of nitrogens with zero attached hydrogens (tertiary/aromatic N) is 6. The van der Waals surface area contributed by atoms with Crippen molar-refractivity contribution in [2.24, 2.45) is 15.2 Å². The highest BCUT2D eigenvalue weighted by atomic mass is 31.2. The van der Waals surface area contributed by atoms with Gasteiger partial charge < -0.3 is 0 Å². The first-order valence-electron chi connectivity index (χ1n) is 9.32. The second-order valence-corrected chi connectivity index (χ2v) is 10.9. The molecule has 3 saturated heterocycles. The molecule has 0 aromatic heterocycles. The van der Waals surface area contributed by atoms with Crippen LogP contribution in [0.25, 0.3) is 0 Å². The van der Waals surface area contributed by atoms with Crippen LogP contribution in [-0.2, 0) is 0 Å². The fourth-order valence-corrected chi connectivity index (χ4v) is 7.84. The highest BCUT2D eigenvalue weighted by Gasteiger charge is 2.43. The zero-order valence-electron chi connectivity index (χ0n) is 15.1. The maximum Gasteiger partial charge on any atom is 0.195 e. The third-order valence-electron chi connectivity index (χ3n) is 4.89. The molecular formula is C16H33N6P. The van der Waals surface area contributed by atoms with Crippen molar-refractivity contribution in [3.63, 3.8) is 0 Å². The fourth-order valence-electron chi connectivity index (χ4n) is 3.82. The summed E-state index contributed by atoms with van der Waals surface area (Å²) in [6.45, 7) is 13.3. The molecule has 132 valence electrons. The average Bonchev–Trinajstić information content (AvgIpc) is 3.26. The Morgan fingerprint density at radius 2 is 1.00 bits per heavy atom. The van der Waals surface area contributed by atoms with Crippen molar-refractivity contribution in [3.8, 4) is 0 Å². The molecule has 3 fully saturated rings. The molecule has 0 N–H and O–H groups in total. The Kier molecular flexibility index (Phi) is 5.57. The van der Waals surface area contributed by atoms with E-state index in [-0.39, 0.29) is 5.54 Å². The van der Waals surface area contributed by atoms with Crippen molar-refractivity contribution in [2.75, 3.05) is 39.3 Å². The molecule has 0 atom stereocenters. The van der Waals surface area contributed by atoms with Crippen molar-refractivity contribution < 1.29 is 0 Å². The topological polar surface area (TPSA) is 46.8 Å². The summed E-state index contributed by atoms with van der Waals surface area (Å²) in [6, 6.07) is 0. The van der Waals surface area contributed by atoms with Crippen molar-refractivity contribution in [1.82, 2.24) is 14.0 Å². The van der Waals surface area contributed by atoms with E-state index in [1.807, 2.05) is 0 Å². The van der Waals surface area contributed by atoms with E-state index in [1.54, 1.807) is 0 Å². The molecule has 3 aliphatic heterocycles. The van der Waals surface area contributed by atoms with Gasteiger partial charge in [-0.2, -0.15) is 5.11 Å². The molecule has 0 aromatic rings. The van der Waals surface area contributed by atoms with E-state index in [0.29, 0.717) is 0 Å². The van der Waals surface area contributed by atoms with Crippen LogP contribution in [0.1, 0.15) is 59.3 Å². The highest BCUT2D eigenvalue weighted by Crippen LogP contribution is 2.63. The first-order chi connectivity index (χ1) is 11.0. The van der Waals surface area contributed by atoms with Crippen LogP contribution < -0.4 is 0 Å². The van der Waals surface area contributed by atoms with Crippen LogP contribution in [-0.4, -0.2) is 58.8 Å². The van der Waals surface area contributed by atoms with Gasteiger partial charge in [0, 0.05) is 39.3 Å². The van der Waals surface area contributed by atoms with E-state index < -0.39 is 7.51 Å². The fraction of sp³-hybridized carbons (Fsp3) is 1.00. The van der Waals surface area contributed by atoms with Crippen LogP contribution in [0.4, 0.5) is 0 Å². The minimum atomic E-state index is -1.86. The van der Waals surface area contributed by atoms with Crippen LogP contribution in [0, 0.1) is 0 Å². The molecule has 7 heteroatoms. The quantitative estimate of drug-likeness (QED) is 0.433. The smallest absolute Gasteiger partial charge is 0.195 e. The summed E-state index contributed by atoms with van der Waals surface area (Å²) in [7, 11) is -1.86. The zero-order chi connectivity index (χ0) is 16.3. The Hall–Kier alpha value is -0.290. The lowest BCUT2D eigenvalue weighted by Crippen LogP contribution is -2.38. The SMILES string of the molecule is CC(C)(C)N=NN=P(N1CCCC1)(N1CCCC1)N1CCCC1. The predicted molar refractivity (Wildman–Crippen MR) is 96.4 cm³/mol. The summed E-state index contributed by atoms with van der Waals surface area (Å²) in [6.07, 6.45) is 7.81. The normalized spacial score (nSPS) is 25.9. The van der Waals surface area contributed by atoms with Gasteiger partial charge in [-0.15, -0.1) is 4.85 Å². The van der Waals surface area contributed by atoms with Crippen LogP contribution in [0.2, 0.25) is 0 Å². The van der Waals surface area contributed by atoms with Gasteiger partial charge in [0.05, 0.1) is 5.54 Å². The molecule has 0 aromatic carbocycles. The van der Waals surface area contributed by atoms with E-state index in [1.165, 1.54) is 77.8 Å². The summed E-state index contributed by atoms with van der Waals surface area (Å²) in [5.74, 6) is 0. The summed E-state index contributed by atoms with van der Waals surface area (Å²) in [4.78, 5) is 5.03. The maximum atomic E-state index is 5.03. The van der Waals surface area contributed by atoms with Crippen molar-refractivity contribution >= 4 is 7.51 Å². The summed E-state index contributed by atoms with van der Waals surface area (Å²) >= 11 is 0. The summed E-state index contributed by atoms with van der Waals surface area (Å²) in [5.41, 5.74) is -0.153. The number of hydrogen-bond donors (Lipinski definition) is 0. The number of rotatable bonds is 4. The van der Waals surface area contributed by atoms with E-state index in [2.05, 4.69) is 45.1 Å². The summed E-state index contributed by atoms with van der Waals surface area (Å²) < 4.78 is 8.02. The molecular weight excluding hydrogens is 307 g/mol.